The quantitative estimate of drug-likeness (QED) is 0.849. The van der Waals surface area contributed by atoms with E-state index >= 15 is 0 Å². The Bertz CT molecular complexity index is 745. The third-order valence-electron chi connectivity index (χ3n) is 5.64. The van der Waals surface area contributed by atoms with Gasteiger partial charge in [-0.2, -0.15) is 0 Å². The van der Waals surface area contributed by atoms with Gasteiger partial charge in [0.05, 0.1) is 0 Å². The summed E-state index contributed by atoms with van der Waals surface area (Å²) in [4.78, 5) is 23.3. The fourth-order valence-corrected chi connectivity index (χ4v) is 4.22. The van der Waals surface area contributed by atoms with Gasteiger partial charge in [0.15, 0.2) is 0 Å². The maximum Gasteiger partial charge on any atom is 0.253 e. The molecule has 5 nitrogen and oxygen atoms in total. The molecular weight excluding hydrogens is 324 g/mol. The van der Waals surface area contributed by atoms with Gasteiger partial charge in [-0.15, -0.1) is 0 Å². The highest BCUT2D eigenvalue weighted by atomic mass is 16.2. The van der Waals surface area contributed by atoms with Gasteiger partial charge in [-0.3, -0.25) is 14.7 Å². The molecule has 2 aromatic rings. The summed E-state index contributed by atoms with van der Waals surface area (Å²) in [5.41, 5.74) is 3.34. The summed E-state index contributed by atoms with van der Waals surface area (Å²) in [6, 6.07) is 12.4. The molecule has 0 unspecified atom stereocenters. The minimum Gasteiger partial charge on any atom is -0.378 e. The van der Waals surface area contributed by atoms with Crippen LogP contribution in [0.25, 0.3) is 0 Å². The van der Waals surface area contributed by atoms with Gasteiger partial charge in [0.25, 0.3) is 5.91 Å². The number of benzene rings is 1. The minimum absolute atomic E-state index is 0.146. The maximum absolute atomic E-state index is 12.6. The van der Waals surface area contributed by atoms with Gasteiger partial charge in [0.2, 0.25) is 0 Å². The Morgan fingerprint density at radius 3 is 2.19 bits per heavy atom. The molecule has 5 heteroatoms. The van der Waals surface area contributed by atoms with E-state index in [0.29, 0.717) is 11.8 Å². The lowest BCUT2D eigenvalue weighted by Gasteiger charge is -2.22. The van der Waals surface area contributed by atoms with Gasteiger partial charge in [-0.25, -0.2) is 0 Å². The molecule has 136 valence electrons. The Balaban J connectivity index is 1.33. The fourth-order valence-electron chi connectivity index (χ4n) is 4.22. The van der Waals surface area contributed by atoms with Crippen LogP contribution in [0, 0.1) is 11.8 Å². The summed E-state index contributed by atoms with van der Waals surface area (Å²) in [5, 5.41) is 0. The molecule has 1 aromatic carbocycles. The van der Waals surface area contributed by atoms with E-state index in [2.05, 4.69) is 53.1 Å². The van der Waals surface area contributed by atoms with E-state index in [-0.39, 0.29) is 5.91 Å². The highest BCUT2D eigenvalue weighted by Gasteiger charge is 2.41. The molecule has 1 aromatic heterocycles. The highest BCUT2D eigenvalue weighted by Crippen LogP contribution is 2.32. The molecule has 2 aliphatic heterocycles. The van der Waals surface area contributed by atoms with Gasteiger partial charge in [0.1, 0.15) is 0 Å². The van der Waals surface area contributed by atoms with E-state index < -0.39 is 0 Å². The predicted octanol–water partition coefficient (Wildman–Crippen LogP) is 2.35. The number of hydrogen-bond donors (Lipinski definition) is 0. The van der Waals surface area contributed by atoms with Crippen LogP contribution in [0.1, 0.15) is 15.9 Å². The van der Waals surface area contributed by atoms with E-state index in [0.717, 1.165) is 38.3 Å². The van der Waals surface area contributed by atoms with Crippen LogP contribution in [0.3, 0.4) is 0 Å². The molecule has 0 bridgehead atoms. The zero-order valence-electron chi connectivity index (χ0n) is 15.5. The first kappa shape index (κ1) is 17.0. The molecule has 3 heterocycles. The second-order valence-corrected chi connectivity index (χ2v) is 7.72. The second kappa shape index (κ2) is 7.08. The molecule has 2 aliphatic rings. The molecule has 2 saturated heterocycles. The van der Waals surface area contributed by atoms with Crippen molar-refractivity contribution in [3.8, 4) is 0 Å². The average Bonchev–Trinajstić information content (AvgIpc) is 3.21. The lowest BCUT2D eigenvalue weighted by Crippen LogP contribution is -2.33. The summed E-state index contributed by atoms with van der Waals surface area (Å²) in [6.07, 6.45) is 3.38. The lowest BCUT2D eigenvalue weighted by molar-refractivity contribution is 0.0773. The van der Waals surface area contributed by atoms with Gasteiger partial charge in [-0.1, -0.05) is 12.1 Å². The summed E-state index contributed by atoms with van der Waals surface area (Å²) < 4.78 is 0. The zero-order valence-corrected chi connectivity index (χ0v) is 15.5. The standard InChI is InChI=1S/C21H26N4O/c1-23(2)20-5-3-16(4-6-20)11-24-12-18-14-25(15-19(18)13-24)21(26)17-7-9-22-10-8-17/h3-10,18-19H,11-15H2,1-2H3/t18-,19+. The van der Waals surface area contributed by atoms with E-state index in [1.54, 1.807) is 24.5 Å². The molecule has 0 spiro atoms. The highest BCUT2D eigenvalue weighted by molar-refractivity contribution is 5.94. The first-order chi connectivity index (χ1) is 12.6. The Hall–Kier alpha value is -2.40. The van der Waals surface area contributed by atoms with Gasteiger partial charge in [-0.05, 0) is 41.7 Å². The number of anilines is 1. The number of pyridine rings is 1. The van der Waals surface area contributed by atoms with Gasteiger partial charge >= 0.3 is 0 Å². The Morgan fingerprint density at radius 1 is 1.00 bits per heavy atom. The first-order valence-corrected chi connectivity index (χ1v) is 9.28. The third kappa shape index (κ3) is 3.44. The molecule has 0 aliphatic carbocycles. The van der Waals surface area contributed by atoms with Crippen molar-refractivity contribution in [2.24, 2.45) is 11.8 Å². The van der Waals surface area contributed by atoms with Crippen molar-refractivity contribution in [1.82, 2.24) is 14.8 Å². The van der Waals surface area contributed by atoms with Gasteiger partial charge in [0, 0.05) is 70.5 Å². The van der Waals surface area contributed by atoms with Crippen molar-refractivity contribution in [1.29, 1.82) is 0 Å². The van der Waals surface area contributed by atoms with E-state index in [1.807, 2.05) is 4.90 Å². The third-order valence-corrected chi connectivity index (χ3v) is 5.64. The van der Waals surface area contributed by atoms with Crippen LogP contribution >= 0.6 is 0 Å². The van der Waals surface area contributed by atoms with Crippen LogP contribution in [0.2, 0.25) is 0 Å². The van der Waals surface area contributed by atoms with Crippen LogP contribution in [-0.2, 0) is 6.54 Å². The van der Waals surface area contributed by atoms with E-state index in [4.69, 9.17) is 0 Å². The smallest absolute Gasteiger partial charge is 0.253 e. The summed E-state index contributed by atoms with van der Waals surface area (Å²) >= 11 is 0. The number of hydrogen-bond acceptors (Lipinski definition) is 4. The van der Waals surface area contributed by atoms with Crippen molar-refractivity contribution >= 4 is 11.6 Å². The normalized spacial score (nSPS) is 22.5. The number of aromatic nitrogens is 1. The molecule has 1 amide bonds. The predicted molar refractivity (Wildman–Crippen MR) is 103 cm³/mol. The van der Waals surface area contributed by atoms with Crippen LogP contribution < -0.4 is 4.90 Å². The second-order valence-electron chi connectivity index (χ2n) is 7.72. The Morgan fingerprint density at radius 2 is 1.62 bits per heavy atom. The largest absolute Gasteiger partial charge is 0.378 e. The summed E-state index contributed by atoms with van der Waals surface area (Å²) in [7, 11) is 4.13. The van der Waals surface area contributed by atoms with Gasteiger partial charge < -0.3 is 9.80 Å². The number of amides is 1. The SMILES string of the molecule is CN(C)c1ccc(CN2C[C@@H]3CN(C(=O)c4ccncc4)C[C@@H]3C2)cc1. The summed E-state index contributed by atoms with van der Waals surface area (Å²) in [6.45, 7) is 4.92. The van der Waals surface area contributed by atoms with E-state index in [9.17, 15) is 4.79 Å². The zero-order chi connectivity index (χ0) is 18.1. The molecular formula is C21H26N4O. The number of nitrogens with zero attached hydrogens (tertiary/aromatic N) is 4. The van der Waals surface area contributed by atoms with Crippen molar-refractivity contribution in [3.05, 3.63) is 59.9 Å². The van der Waals surface area contributed by atoms with Crippen molar-refractivity contribution in [3.63, 3.8) is 0 Å². The number of carbonyl (C=O) groups is 1. The van der Waals surface area contributed by atoms with Crippen LogP contribution in [-0.4, -0.2) is 61.0 Å². The number of rotatable bonds is 4. The van der Waals surface area contributed by atoms with Crippen molar-refractivity contribution in [2.45, 2.75) is 6.54 Å². The van der Waals surface area contributed by atoms with Crippen LogP contribution in [0.15, 0.2) is 48.8 Å². The average molecular weight is 350 g/mol. The molecule has 2 fully saturated rings. The first-order valence-electron chi connectivity index (χ1n) is 9.28. The number of carbonyl (C=O) groups excluding carboxylic acids is 1. The lowest BCUT2D eigenvalue weighted by atomic mass is 10.0. The minimum atomic E-state index is 0.146. The summed E-state index contributed by atoms with van der Waals surface area (Å²) in [5.74, 6) is 1.34. The maximum atomic E-state index is 12.6. The van der Waals surface area contributed by atoms with Crippen LogP contribution in [0.4, 0.5) is 5.69 Å². The number of likely N-dealkylation sites (tertiary alicyclic amines) is 2. The topological polar surface area (TPSA) is 39.7 Å². The van der Waals surface area contributed by atoms with E-state index in [1.165, 1.54) is 11.3 Å². The number of fused-ring (bicyclic) bond motifs is 1. The monoisotopic (exact) mass is 350 g/mol. The van der Waals surface area contributed by atoms with Crippen molar-refractivity contribution < 1.29 is 4.79 Å². The molecule has 0 N–H and O–H groups in total. The Labute approximate surface area is 155 Å². The fraction of sp³-hybridized carbons (Fsp3) is 0.429. The van der Waals surface area contributed by atoms with Crippen LogP contribution in [0.5, 0.6) is 0 Å². The Kier molecular flexibility index (Phi) is 4.64. The van der Waals surface area contributed by atoms with Crippen molar-refractivity contribution in [2.75, 3.05) is 45.2 Å². The molecule has 0 saturated carbocycles. The molecule has 0 radical (unpaired) electrons. The molecule has 4 rings (SSSR count). The molecule has 2 atom stereocenters. The molecule has 26 heavy (non-hydrogen) atoms.